The molecule has 1 heterocycles. The van der Waals surface area contributed by atoms with E-state index in [4.69, 9.17) is 28.6 Å². The van der Waals surface area contributed by atoms with Crippen molar-refractivity contribution < 1.29 is 14.2 Å². The van der Waals surface area contributed by atoms with Crippen molar-refractivity contribution in [2.24, 2.45) is 0 Å². The molecule has 0 amide bonds. The van der Waals surface area contributed by atoms with Crippen LogP contribution in [0.4, 0.5) is 10.2 Å². The van der Waals surface area contributed by atoms with Gasteiger partial charge in [0.2, 0.25) is 0 Å². The molecule has 2 aromatic rings. The highest BCUT2D eigenvalue weighted by Crippen LogP contribution is 2.14. The fourth-order valence-electron chi connectivity index (χ4n) is 1.53. The van der Waals surface area contributed by atoms with Gasteiger partial charge in [-0.15, -0.1) is 0 Å². The van der Waals surface area contributed by atoms with E-state index >= 15 is 0 Å². The molecule has 21 heavy (non-hydrogen) atoms. The van der Waals surface area contributed by atoms with Crippen LogP contribution in [0.2, 0.25) is 5.02 Å². The Morgan fingerprint density at radius 2 is 2.05 bits per heavy atom. The molecule has 2 N–H and O–H groups in total. The summed E-state index contributed by atoms with van der Waals surface area (Å²) in [4.78, 5) is 4.00. The summed E-state index contributed by atoms with van der Waals surface area (Å²) in [5.74, 6) is 0.124. The lowest BCUT2D eigenvalue weighted by atomic mass is 10.1. The largest absolute Gasteiger partial charge is 0.468 e. The molecule has 0 spiro atoms. The minimum atomic E-state index is -0.900. The predicted octanol–water partition coefficient (Wildman–Crippen LogP) is 3.32. The van der Waals surface area contributed by atoms with Gasteiger partial charge in [-0.3, -0.25) is 0 Å². The van der Waals surface area contributed by atoms with Crippen LogP contribution in [0.15, 0.2) is 42.6 Å². The van der Waals surface area contributed by atoms with Crippen molar-refractivity contribution in [3.8, 4) is 0 Å². The van der Waals surface area contributed by atoms with Gasteiger partial charge in [-0.05, 0) is 42.0 Å². The second-order valence-corrected chi connectivity index (χ2v) is 4.96. The Labute approximate surface area is 131 Å². The third-order valence-electron chi connectivity index (χ3n) is 2.58. The van der Waals surface area contributed by atoms with Crippen LogP contribution < -0.4 is 5.32 Å². The summed E-state index contributed by atoms with van der Waals surface area (Å²) in [7, 11) is 0. The first-order valence-electron chi connectivity index (χ1n) is 6.03. The van der Waals surface area contributed by atoms with Gasteiger partial charge in [-0.2, -0.15) is 0 Å². The highest BCUT2D eigenvalue weighted by atomic mass is 35.5. The molecule has 0 aliphatic rings. The van der Waals surface area contributed by atoms with Crippen LogP contribution in [0, 0.1) is 5.82 Å². The van der Waals surface area contributed by atoms with Gasteiger partial charge in [0.1, 0.15) is 24.3 Å². The maximum absolute atomic E-state index is 12.8. The second-order valence-electron chi connectivity index (χ2n) is 4.15. The van der Waals surface area contributed by atoms with Gasteiger partial charge in [0.05, 0.1) is 5.02 Å². The molecule has 7 heteroatoms. The molecule has 4 nitrogen and oxygen atoms in total. The smallest absolute Gasteiger partial charge is 0.262 e. The topological polar surface area (TPSA) is 54.4 Å². The lowest BCUT2D eigenvalue weighted by Crippen LogP contribution is -2.18. The van der Waals surface area contributed by atoms with E-state index in [0.29, 0.717) is 16.4 Å². The number of thiocarbonyl (C=S) groups is 1. The number of hydrogen-bond acceptors (Lipinski definition) is 4. The molecule has 1 atom stereocenters. The van der Waals surface area contributed by atoms with E-state index in [9.17, 15) is 9.50 Å². The summed E-state index contributed by atoms with van der Waals surface area (Å²) >= 11 is 10.7. The molecule has 1 unspecified atom stereocenters. The van der Waals surface area contributed by atoms with E-state index in [-0.39, 0.29) is 17.6 Å². The molecule has 0 fully saturated rings. The summed E-state index contributed by atoms with van der Waals surface area (Å²) in [6.07, 6.45) is 0.573. The van der Waals surface area contributed by atoms with Gasteiger partial charge in [-0.1, -0.05) is 23.7 Å². The van der Waals surface area contributed by atoms with E-state index in [1.165, 1.54) is 30.5 Å². The first kappa shape index (κ1) is 15.6. The van der Waals surface area contributed by atoms with Gasteiger partial charge in [-0.25, -0.2) is 9.37 Å². The number of pyridine rings is 1. The average molecular weight is 327 g/mol. The number of halogens is 2. The molecule has 1 aromatic carbocycles. The van der Waals surface area contributed by atoms with Crippen molar-refractivity contribution in [2.75, 3.05) is 11.9 Å². The Morgan fingerprint density at radius 1 is 1.33 bits per heavy atom. The molecule has 0 aliphatic heterocycles. The number of aliphatic hydroxyl groups excluding tert-OH is 1. The monoisotopic (exact) mass is 326 g/mol. The molecule has 0 saturated heterocycles. The van der Waals surface area contributed by atoms with E-state index < -0.39 is 6.10 Å². The summed E-state index contributed by atoms with van der Waals surface area (Å²) in [6.45, 7) is -0.0505. The number of anilines is 1. The first-order chi connectivity index (χ1) is 10.0. The van der Waals surface area contributed by atoms with Crippen molar-refractivity contribution in [3.63, 3.8) is 0 Å². The fraction of sp³-hybridized carbons (Fsp3) is 0.143. The number of rotatable bonds is 4. The van der Waals surface area contributed by atoms with Crippen LogP contribution in [0.1, 0.15) is 11.7 Å². The van der Waals surface area contributed by atoms with E-state index in [2.05, 4.69) is 10.3 Å². The minimum Gasteiger partial charge on any atom is -0.468 e. The van der Waals surface area contributed by atoms with Crippen molar-refractivity contribution in [1.82, 2.24) is 4.98 Å². The van der Waals surface area contributed by atoms with Gasteiger partial charge in [0, 0.05) is 6.20 Å². The zero-order chi connectivity index (χ0) is 15.2. The fourth-order valence-corrected chi connectivity index (χ4v) is 1.81. The molecule has 0 saturated carbocycles. The zero-order valence-electron chi connectivity index (χ0n) is 10.8. The maximum Gasteiger partial charge on any atom is 0.262 e. The third-order valence-corrected chi connectivity index (χ3v) is 3.03. The summed E-state index contributed by atoms with van der Waals surface area (Å²) < 4.78 is 18.0. The number of benzene rings is 1. The number of aliphatic hydroxyl groups is 1. The Kier molecular flexibility index (Phi) is 5.44. The first-order valence-corrected chi connectivity index (χ1v) is 6.82. The van der Waals surface area contributed by atoms with Crippen LogP contribution in [0.3, 0.4) is 0 Å². The summed E-state index contributed by atoms with van der Waals surface area (Å²) in [5.41, 5.74) is 0.545. The molecule has 0 radical (unpaired) electrons. The Hall–Kier alpha value is -1.76. The number of hydrogen-bond donors (Lipinski definition) is 2. The van der Waals surface area contributed by atoms with Crippen molar-refractivity contribution in [2.45, 2.75) is 6.10 Å². The number of nitrogens with one attached hydrogen (secondary N) is 1. The normalized spacial score (nSPS) is 11.8. The molecule has 2 rings (SSSR count). The molecule has 0 bridgehead atoms. The number of nitrogens with zero attached hydrogens (tertiary/aromatic N) is 1. The van der Waals surface area contributed by atoms with Gasteiger partial charge < -0.3 is 15.2 Å². The minimum absolute atomic E-state index is 0.0505. The SMILES string of the molecule is OC(COC(=S)Nc1ccc(Cl)cn1)c1ccc(F)cc1. The van der Waals surface area contributed by atoms with Crippen molar-refractivity contribution in [3.05, 3.63) is 59.0 Å². The summed E-state index contributed by atoms with van der Waals surface area (Å²) in [6, 6.07) is 8.82. The Morgan fingerprint density at radius 3 is 2.67 bits per heavy atom. The van der Waals surface area contributed by atoms with Crippen molar-refractivity contribution in [1.29, 1.82) is 0 Å². The molecule has 0 aliphatic carbocycles. The van der Waals surface area contributed by atoms with E-state index in [1.807, 2.05) is 0 Å². The van der Waals surface area contributed by atoms with Crippen molar-refractivity contribution >= 4 is 34.8 Å². The predicted molar refractivity (Wildman–Crippen MR) is 82.8 cm³/mol. The molecule has 1 aromatic heterocycles. The summed E-state index contributed by atoms with van der Waals surface area (Å²) in [5, 5.41) is 13.2. The third kappa shape index (κ3) is 4.93. The Balaban J connectivity index is 1.83. The van der Waals surface area contributed by atoms with Crippen LogP contribution >= 0.6 is 23.8 Å². The maximum atomic E-state index is 12.8. The number of aromatic nitrogens is 1. The molecular weight excluding hydrogens is 315 g/mol. The lowest BCUT2D eigenvalue weighted by molar-refractivity contribution is 0.104. The van der Waals surface area contributed by atoms with Crippen LogP contribution in [0.25, 0.3) is 0 Å². The van der Waals surface area contributed by atoms with Crippen LogP contribution in [-0.2, 0) is 4.74 Å². The van der Waals surface area contributed by atoms with Crippen LogP contribution in [-0.4, -0.2) is 21.9 Å². The highest BCUT2D eigenvalue weighted by Gasteiger charge is 2.10. The highest BCUT2D eigenvalue weighted by molar-refractivity contribution is 7.80. The second kappa shape index (κ2) is 7.31. The van der Waals surface area contributed by atoms with E-state index in [0.717, 1.165) is 0 Å². The average Bonchev–Trinajstić information content (AvgIpc) is 2.48. The van der Waals surface area contributed by atoms with E-state index in [1.54, 1.807) is 12.1 Å². The number of ether oxygens (including phenoxy) is 1. The standard InChI is InChI=1S/C14H12ClFN2O2S/c15-10-3-6-13(17-7-10)18-14(21)20-8-12(19)9-1-4-11(16)5-2-9/h1-7,12,19H,8H2,(H,17,18,21). The zero-order valence-corrected chi connectivity index (χ0v) is 12.4. The van der Waals surface area contributed by atoms with Crippen LogP contribution in [0.5, 0.6) is 0 Å². The van der Waals surface area contributed by atoms with Gasteiger partial charge >= 0.3 is 0 Å². The lowest BCUT2D eigenvalue weighted by Gasteiger charge is -2.13. The molecule has 110 valence electrons. The van der Waals surface area contributed by atoms with Gasteiger partial charge in [0.15, 0.2) is 0 Å². The van der Waals surface area contributed by atoms with Gasteiger partial charge in [0.25, 0.3) is 5.17 Å². The molecular formula is C14H12ClFN2O2S. The quantitative estimate of drug-likeness (QED) is 0.844. The Bertz CT molecular complexity index is 607.